The van der Waals surface area contributed by atoms with E-state index in [0.717, 1.165) is 44.5 Å². The van der Waals surface area contributed by atoms with Gasteiger partial charge in [-0.2, -0.15) is 8.42 Å². The summed E-state index contributed by atoms with van der Waals surface area (Å²) in [5.74, 6) is 0.821. The standard InChI is InChI=1S/2C16H18O2.O2S/c2*1-9-5-13(15(17)7-11(9)3)14-6-10(2)12(4)8-16(14)18;1-3-2/h2*5-8,17-18H,1-4H3;. The van der Waals surface area contributed by atoms with Gasteiger partial charge in [0, 0.05) is 22.3 Å². The third kappa shape index (κ3) is 7.48. The predicted molar refractivity (Wildman–Crippen MR) is 157 cm³/mol. The normalized spacial score (nSPS) is 10.2. The first-order chi connectivity index (χ1) is 18.2. The van der Waals surface area contributed by atoms with Crippen molar-refractivity contribution in [2.45, 2.75) is 55.4 Å². The number of benzene rings is 4. The molecular weight excluding hydrogens is 512 g/mol. The van der Waals surface area contributed by atoms with Crippen molar-refractivity contribution in [3.8, 4) is 45.3 Å². The Morgan fingerprint density at radius 1 is 0.359 bits per heavy atom. The van der Waals surface area contributed by atoms with E-state index in [1.807, 2.05) is 79.7 Å². The van der Waals surface area contributed by atoms with E-state index < -0.39 is 11.6 Å². The van der Waals surface area contributed by atoms with Gasteiger partial charge in [-0.3, -0.25) is 0 Å². The molecule has 4 aromatic carbocycles. The Hall–Kier alpha value is -4.10. The van der Waals surface area contributed by atoms with E-state index in [-0.39, 0.29) is 23.0 Å². The maximum atomic E-state index is 10.0. The van der Waals surface area contributed by atoms with Gasteiger partial charge in [0.1, 0.15) is 23.0 Å². The number of aromatic hydroxyl groups is 4. The molecule has 0 amide bonds. The van der Waals surface area contributed by atoms with Crippen LogP contribution in [-0.2, 0) is 11.6 Å². The third-order valence-corrected chi connectivity index (χ3v) is 7.03. The lowest BCUT2D eigenvalue weighted by molar-refractivity contribution is 0.468. The highest BCUT2D eigenvalue weighted by atomic mass is 32.1. The Morgan fingerprint density at radius 2 is 0.487 bits per heavy atom. The average Bonchev–Trinajstić information content (AvgIpc) is 2.85. The van der Waals surface area contributed by atoms with Gasteiger partial charge in [0.15, 0.2) is 0 Å². The molecule has 0 atom stereocenters. The van der Waals surface area contributed by atoms with Crippen LogP contribution in [0.3, 0.4) is 0 Å². The van der Waals surface area contributed by atoms with Crippen LogP contribution in [0.25, 0.3) is 22.3 Å². The van der Waals surface area contributed by atoms with Crippen molar-refractivity contribution in [2.75, 3.05) is 0 Å². The maximum absolute atomic E-state index is 10.0. The number of phenolic OH excluding ortho intramolecular Hbond substituents is 4. The molecule has 0 radical (unpaired) electrons. The summed E-state index contributed by atoms with van der Waals surface area (Å²) in [6.45, 7) is 15.8. The number of rotatable bonds is 2. The molecule has 0 heterocycles. The van der Waals surface area contributed by atoms with Gasteiger partial charge in [-0.1, -0.05) is 0 Å². The summed E-state index contributed by atoms with van der Waals surface area (Å²) < 4.78 is 16.6. The minimum atomic E-state index is -0.750. The molecule has 0 aliphatic carbocycles. The summed E-state index contributed by atoms with van der Waals surface area (Å²) >= 11 is -0.750. The molecule has 0 fully saturated rings. The van der Waals surface area contributed by atoms with Crippen molar-refractivity contribution in [1.82, 2.24) is 0 Å². The first-order valence-corrected chi connectivity index (χ1v) is 13.0. The van der Waals surface area contributed by atoms with E-state index in [1.165, 1.54) is 0 Å². The lowest BCUT2D eigenvalue weighted by atomic mass is 9.95. The second-order valence-electron chi connectivity index (χ2n) is 9.88. The molecule has 0 aromatic heterocycles. The van der Waals surface area contributed by atoms with E-state index in [9.17, 15) is 20.4 Å². The molecule has 4 N–H and O–H groups in total. The van der Waals surface area contributed by atoms with Crippen molar-refractivity contribution in [1.29, 1.82) is 0 Å². The second-order valence-corrected chi connectivity index (χ2v) is 10.0. The summed E-state index contributed by atoms with van der Waals surface area (Å²) in [6.07, 6.45) is 0. The Kier molecular flexibility index (Phi) is 10.5. The van der Waals surface area contributed by atoms with Crippen LogP contribution in [-0.4, -0.2) is 28.8 Å². The quantitative estimate of drug-likeness (QED) is 0.209. The maximum Gasteiger partial charge on any atom is 0.335 e. The summed E-state index contributed by atoms with van der Waals surface area (Å²) in [4.78, 5) is 0. The highest BCUT2D eigenvalue weighted by molar-refractivity contribution is 7.51. The minimum absolute atomic E-state index is 0.205. The van der Waals surface area contributed by atoms with Gasteiger partial charge in [0.05, 0.1) is 0 Å². The van der Waals surface area contributed by atoms with Crippen LogP contribution >= 0.6 is 0 Å². The molecule has 0 saturated carbocycles. The van der Waals surface area contributed by atoms with Gasteiger partial charge in [-0.15, -0.1) is 0 Å². The highest BCUT2D eigenvalue weighted by Crippen LogP contribution is 2.39. The zero-order valence-corrected chi connectivity index (χ0v) is 24.4. The van der Waals surface area contributed by atoms with Gasteiger partial charge >= 0.3 is 11.6 Å². The van der Waals surface area contributed by atoms with Gasteiger partial charge in [0.25, 0.3) is 0 Å². The molecule has 0 unspecified atom stereocenters. The van der Waals surface area contributed by atoms with Crippen molar-refractivity contribution in [3.63, 3.8) is 0 Å². The molecule has 206 valence electrons. The third-order valence-electron chi connectivity index (χ3n) is 7.03. The Labute approximate surface area is 233 Å². The Morgan fingerprint density at radius 3 is 0.641 bits per heavy atom. The highest BCUT2D eigenvalue weighted by Gasteiger charge is 2.13. The van der Waals surface area contributed by atoms with E-state index >= 15 is 0 Å². The first-order valence-electron chi connectivity index (χ1n) is 12.3. The summed E-state index contributed by atoms with van der Waals surface area (Å²) in [5, 5.41) is 40.2. The van der Waals surface area contributed by atoms with E-state index in [4.69, 9.17) is 8.42 Å². The fourth-order valence-electron chi connectivity index (χ4n) is 4.07. The van der Waals surface area contributed by atoms with Crippen LogP contribution in [0.4, 0.5) is 0 Å². The molecular formula is C32H36O6S. The van der Waals surface area contributed by atoms with Gasteiger partial charge in [-0.05, 0) is 148 Å². The molecule has 0 aliphatic rings. The van der Waals surface area contributed by atoms with Crippen molar-refractivity contribution in [3.05, 3.63) is 93.0 Å². The zero-order chi connectivity index (χ0) is 29.6. The van der Waals surface area contributed by atoms with E-state index in [0.29, 0.717) is 22.3 Å². The Bertz CT molecular complexity index is 1330. The molecule has 6 nitrogen and oxygen atoms in total. The SMILES string of the molecule is Cc1cc(O)c(-c2cc(C)c(C)cc2O)cc1C.Cc1cc(O)c(-c2cc(C)c(C)cc2O)cc1C.O=S=O. The number of hydrogen-bond acceptors (Lipinski definition) is 6. The predicted octanol–water partition coefficient (Wildman–Crippen LogP) is 7.33. The number of aryl methyl sites for hydroxylation is 8. The topological polar surface area (TPSA) is 115 Å². The summed E-state index contributed by atoms with van der Waals surface area (Å²) in [5.41, 5.74) is 11.3. The second kappa shape index (κ2) is 13.1. The Balaban J connectivity index is 0.000000249. The molecule has 7 heteroatoms. The smallest absolute Gasteiger partial charge is 0.335 e. The van der Waals surface area contributed by atoms with Crippen LogP contribution in [0.15, 0.2) is 48.5 Å². The minimum Gasteiger partial charge on any atom is -0.507 e. The lowest BCUT2D eigenvalue weighted by Gasteiger charge is -2.12. The average molecular weight is 549 g/mol. The van der Waals surface area contributed by atoms with Crippen LogP contribution in [0, 0.1) is 55.4 Å². The zero-order valence-electron chi connectivity index (χ0n) is 23.6. The fraction of sp³-hybridized carbons (Fsp3) is 0.250. The molecule has 0 saturated heterocycles. The van der Waals surface area contributed by atoms with Crippen molar-refractivity contribution < 1.29 is 28.8 Å². The molecule has 4 aromatic rings. The monoisotopic (exact) mass is 548 g/mol. The fourth-order valence-corrected chi connectivity index (χ4v) is 4.07. The van der Waals surface area contributed by atoms with Crippen LogP contribution in [0.1, 0.15) is 44.5 Å². The van der Waals surface area contributed by atoms with E-state index in [1.54, 1.807) is 24.3 Å². The molecule has 39 heavy (non-hydrogen) atoms. The molecule has 0 bridgehead atoms. The van der Waals surface area contributed by atoms with Gasteiger partial charge in [-0.25, -0.2) is 0 Å². The lowest BCUT2D eigenvalue weighted by Crippen LogP contribution is -1.89. The van der Waals surface area contributed by atoms with Gasteiger partial charge in [0.2, 0.25) is 0 Å². The number of phenols is 4. The largest absolute Gasteiger partial charge is 0.507 e. The summed E-state index contributed by atoms with van der Waals surface area (Å²) in [7, 11) is 0. The number of hydrogen-bond donors (Lipinski definition) is 4. The van der Waals surface area contributed by atoms with Crippen LogP contribution < -0.4 is 0 Å². The van der Waals surface area contributed by atoms with E-state index in [2.05, 4.69) is 0 Å². The van der Waals surface area contributed by atoms with Crippen LogP contribution in [0.5, 0.6) is 23.0 Å². The molecule has 4 rings (SSSR count). The first kappa shape index (κ1) is 31.1. The molecule has 0 aliphatic heterocycles. The molecule has 0 spiro atoms. The van der Waals surface area contributed by atoms with Crippen molar-refractivity contribution in [2.24, 2.45) is 0 Å². The van der Waals surface area contributed by atoms with Gasteiger partial charge < -0.3 is 20.4 Å². The summed E-state index contributed by atoms with van der Waals surface area (Å²) in [6, 6.07) is 14.6. The van der Waals surface area contributed by atoms with Crippen LogP contribution in [0.2, 0.25) is 0 Å². The van der Waals surface area contributed by atoms with Crippen molar-refractivity contribution >= 4 is 11.6 Å².